The minimum Gasteiger partial charge on any atom is -0.369 e. The number of ketones is 2. The number of likely N-dealkylation sites (N-methyl/N-ethyl adjacent to an activating group) is 1. The largest absolute Gasteiger partial charge is 0.369 e. The van der Waals surface area contributed by atoms with E-state index in [1.165, 1.54) is 0 Å². The minimum atomic E-state index is -0.805. The number of piperazine rings is 1. The minimum absolute atomic E-state index is 0.0452. The van der Waals surface area contributed by atoms with Gasteiger partial charge in [-0.3, -0.25) is 19.2 Å². The van der Waals surface area contributed by atoms with Crippen molar-refractivity contribution >= 4 is 29.1 Å². The summed E-state index contributed by atoms with van der Waals surface area (Å²) in [6.45, 7) is 8.12. The van der Waals surface area contributed by atoms with Gasteiger partial charge in [0, 0.05) is 49.4 Å². The van der Waals surface area contributed by atoms with E-state index < -0.39 is 18.1 Å². The molecule has 1 saturated carbocycles. The summed E-state index contributed by atoms with van der Waals surface area (Å²) < 4.78 is 0. The van der Waals surface area contributed by atoms with Gasteiger partial charge in [0.05, 0.1) is 12.6 Å². The zero-order chi connectivity index (χ0) is 27.7. The third-order valence-electron chi connectivity index (χ3n) is 9.01. The summed E-state index contributed by atoms with van der Waals surface area (Å²) in [6.07, 6.45) is 4.66. The van der Waals surface area contributed by atoms with Crippen molar-refractivity contribution in [3.05, 3.63) is 29.8 Å². The molecule has 3 aliphatic heterocycles. The fourth-order valence-corrected chi connectivity index (χ4v) is 6.81. The second kappa shape index (κ2) is 11.8. The fourth-order valence-electron chi connectivity index (χ4n) is 6.81. The maximum atomic E-state index is 14.1. The standard InChI is InChI=1S/C30H43N5O4/c1-19(2)16-24(32-29(38)21-8-10-22(11-9-21)34-14-12-33(3)13-15-34)30(39)35-25(28(37)20-6-4-5-7-20)17-23-27(35)26(36)18-31-23/h8-11,19-20,23-25,27,31H,4-7,12-18H2,1-3H3,(H,32,38). The van der Waals surface area contributed by atoms with E-state index in [9.17, 15) is 19.2 Å². The highest BCUT2D eigenvalue weighted by atomic mass is 16.2. The second-order valence-corrected chi connectivity index (χ2v) is 12.3. The molecule has 0 aromatic heterocycles. The molecule has 4 atom stereocenters. The Balaban J connectivity index is 1.33. The molecule has 1 aromatic carbocycles. The summed E-state index contributed by atoms with van der Waals surface area (Å²) in [5.41, 5.74) is 1.57. The summed E-state index contributed by atoms with van der Waals surface area (Å²) in [7, 11) is 2.12. The van der Waals surface area contributed by atoms with Gasteiger partial charge in [-0.2, -0.15) is 0 Å². The summed E-state index contributed by atoms with van der Waals surface area (Å²) in [4.78, 5) is 60.0. The van der Waals surface area contributed by atoms with Gasteiger partial charge >= 0.3 is 0 Å². The van der Waals surface area contributed by atoms with Gasteiger partial charge in [0.15, 0.2) is 11.6 Å². The number of anilines is 1. The Labute approximate surface area is 231 Å². The molecule has 4 aliphatic rings. The van der Waals surface area contributed by atoms with Crippen molar-refractivity contribution in [2.24, 2.45) is 11.8 Å². The lowest BCUT2D eigenvalue weighted by Gasteiger charge is -2.34. The molecule has 3 heterocycles. The van der Waals surface area contributed by atoms with Gasteiger partial charge in [0.1, 0.15) is 12.1 Å². The average Bonchev–Trinajstić information content (AvgIpc) is 3.66. The maximum Gasteiger partial charge on any atom is 0.251 e. The molecular formula is C30H43N5O4. The van der Waals surface area contributed by atoms with Crippen LogP contribution < -0.4 is 15.5 Å². The molecule has 5 rings (SSSR count). The van der Waals surface area contributed by atoms with Crippen molar-refractivity contribution in [3.8, 4) is 0 Å². The second-order valence-electron chi connectivity index (χ2n) is 12.3. The number of carbonyl (C=O) groups is 4. The predicted octanol–water partition coefficient (Wildman–Crippen LogP) is 1.85. The van der Waals surface area contributed by atoms with Crippen LogP contribution >= 0.6 is 0 Å². The van der Waals surface area contributed by atoms with Crippen molar-refractivity contribution < 1.29 is 19.2 Å². The van der Waals surface area contributed by atoms with Crippen LogP contribution in [0.2, 0.25) is 0 Å². The van der Waals surface area contributed by atoms with Crippen LogP contribution in [0.4, 0.5) is 5.69 Å². The van der Waals surface area contributed by atoms with Crippen LogP contribution in [0.25, 0.3) is 0 Å². The summed E-state index contributed by atoms with van der Waals surface area (Å²) >= 11 is 0. The first-order valence-corrected chi connectivity index (χ1v) is 14.7. The van der Waals surface area contributed by atoms with Crippen molar-refractivity contribution in [2.75, 3.05) is 44.7 Å². The average molecular weight is 538 g/mol. The number of likely N-dealkylation sites (tertiary alicyclic amines) is 1. The Hall–Kier alpha value is -2.78. The molecule has 3 saturated heterocycles. The van der Waals surface area contributed by atoms with Crippen LogP contribution in [0.3, 0.4) is 0 Å². The van der Waals surface area contributed by atoms with Gasteiger partial charge in [0.25, 0.3) is 5.91 Å². The Morgan fingerprint density at radius 2 is 1.69 bits per heavy atom. The molecule has 0 spiro atoms. The van der Waals surface area contributed by atoms with Crippen molar-refractivity contribution in [2.45, 2.75) is 76.5 Å². The predicted molar refractivity (Wildman–Crippen MR) is 150 cm³/mol. The van der Waals surface area contributed by atoms with Crippen molar-refractivity contribution in [1.29, 1.82) is 0 Å². The van der Waals surface area contributed by atoms with E-state index in [4.69, 9.17) is 0 Å². The monoisotopic (exact) mass is 537 g/mol. The molecule has 0 radical (unpaired) electrons. The third kappa shape index (κ3) is 5.89. The number of hydrogen-bond donors (Lipinski definition) is 2. The molecule has 4 unspecified atom stereocenters. The molecule has 212 valence electrons. The fraction of sp³-hybridized carbons (Fsp3) is 0.667. The van der Waals surface area contributed by atoms with Gasteiger partial charge in [-0.1, -0.05) is 26.7 Å². The quantitative estimate of drug-likeness (QED) is 0.522. The van der Waals surface area contributed by atoms with E-state index >= 15 is 0 Å². The van der Waals surface area contributed by atoms with Crippen LogP contribution in [-0.4, -0.2) is 97.1 Å². The molecular weight excluding hydrogens is 494 g/mol. The Bertz CT molecular complexity index is 1080. The number of hydrogen-bond acceptors (Lipinski definition) is 7. The van der Waals surface area contributed by atoms with Crippen LogP contribution in [-0.2, 0) is 14.4 Å². The molecule has 1 aliphatic carbocycles. The van der Waals surface area contributed by atoms with Crippen molar-refractivity contribution in [3.63, 3.8) is 0 Å². The topological polar surface area (TPSA) is 102 Å². The van der Waals surface area contributed by atoms with Crippen LogP contribution in [0, 0.1) is 11.8 Å². The van der Waals surface area contributed by atoms with E-state index in [1.54, 1.807) is 4.90 Å². The smallest absolute Gasteiger partial charge is 0.251 e. The van der Waals surface area contributed by atoms with Crippen LogP contribution in [0.1, 0.15) is 62.7 Å². The number of fused-ring (bicyclic) bond motifs is 1. The molecule has 0 bridgehead atoms. The molecule has 1 aromatic rings. The highest BCUT2D eigenvalue weighted by Crippen LogP contribution is 2.35. The lowest BCUT2D eigenvalue weighted by atomic mass is 9.94. The first kappa shape index (κ1) is 27.8. The summed E-state index contributed by atoms with van der Waals surface area (Å²) in [5, 5.41) is 6.20. The Morgan fingerprint density at radius 3 is 2.33 bits per heavy atom. The SMILES string of the molecule is CC(C)CC(NC(=O)c1ccc(N2CCN(C)CC2)cc1)C(=O)N1C(C(=O)C2CCCC2)CC2NCC(=O)C21. The van der Waals surface area contributed by atoms with Crippen LogP contribution in [0.15, 0.2) is 24.3 Å². The van der Waals surface area contributed by atoms with E-state index in [1.807, 2.05) is 38.1 Å². The summed E-state index contributed by atoms with van der Waals surface area (Å²) in [6, 6.07) is 5.29. The van der Waals surface area contributed by atoms with Crippen molar-refractivity contribution in [1.82, 2.24) is 20.4 Å². The maximum absolute atomic E-state index is 14.1. The third-order valence-corrected chi connectivity index (χ3v) is 9.01. The lowest BCUT2D eigenvalue weighted by Crippen LogP contribution is -2.56. The first-order chi connectivity index (χ1) is 18.7. The molecule has 4 fully saturated rings. The highest BCUT2D eigenvalue weighted by Gasteiger charge is 2.54. The molecule has 9 heteroatoms. The highest BCUT2D eigenvalue weighted by molar-refractivity contribution is 6.02. The van der Waals surface area contributed by atoms with E-state index in [2.05, 4.69) is 27.5 Å². The molecule has 2 N–H and O–H groups in total. The molecule has 2 amide bonds. The number of nitrogens with zero attached hydrogens (tertiary/aromatic N) is 3. The van der Waals surface area contributed by atoms with Gasteiger partial charge < -0.3 is 25.3 Å². The summed E-state index contributed by atoms with van der Waals surface area (Å²) in [5.74, 6) is -0.505. The van der Waals surface area contributed by atoms with Gasteiger partial charge in [0.2, 0.25) is 5.91 Å². The zero-order valence-corrected chi connectivity index (χ0v) is 23.5. The number of carbonyl (C=O) groups excluding carboxylic acids is 4. The van der Waals surface area contributed by atoms with Gasteiger partial charge in [-0.25, -0.2) is 0 Å². The van der Waals surface area contributed by atoms with Crippen LogP contribution in [0.5, 0.6) is 0 Å². The number of amides is 2. The van der Waals surface area contributed by atoms with E-state index in [0.717, 1.165) is 57.5 Å². The number of nitrogens with one attached hydrogen (secondary N) is 2. The molecule has 39 heavy (non-hydrogen) atoms. The molecule has 9 nitrogen and oxygen atoms in total. The first-order valence-electron chi connectivity index (χ1n) is 14.7. The Morgan fingerprint density at radius 1 is 1.03 bits per heavy atom. The Kier molecular flexibility index (Phi) is 8.38. The van der Waals surface area contributed by atoms with Gasteiger partial charge in [-0.15, -0.1) is 0 Å². The number of Topliss-reactive ketones (excluding diaryl/α,β-unsaturated/α-hetero) is 2. The zero-order valence-electron chi connectivity index (χ0n) is 23.5. The van der Waals surface area contributed by atoms with Gasteiger partial charge in [-0.05, 0) is 62.9 Å². The lowest BCUT2D eigenvalue weighted by molar-refractivity contribution is -0.145. The number of rotatable bonds is 8. The normalized spacial score (nSPS) is 26.8. The van der Waals surface area contributed by atoms with E-state index in [-0.39, 0.29) is 47.8 Å². The van der Waals surface area contributed by atoms with E-state index in [0.29, 0.717) is 18.4 Å². The number of benzene rings is 1.